The highest BCUT2D eigenvalue weighted by molar-refractivity contribution is 7.84. The van der Waals surface area contributed by atoms with Crippen molar-refractivity contribution in [1.82, 2.24) is 0 Å². The minimum absolute atomic E-state index is 0.0570. The molecule has 5 heteroatoms. The van der Waals surface area contributed by atoms with Gasteiger partial charge in [-0.1, -0.05) is 17.7 Å². The Labute approximate surface area is 102 Å². The molecule has 1 rings (SSSR count). The van der Waals surface area contributed by atoms with E-state index >= 15 is 0 Å². The normalized spacial score (nSPS) is 13.8. The molecule has 0 aliphatic heterocycles. The van der Waals surface area contributed by atoms with Gasteiger partial charge in [0.25, 0.3) is 0 Å². The first-order valence-corrected chi connectivity index (χ1v) is 6.72. The monoisotopic (exact) mass is 263 g/mol. The standard InChI is InChI=1S/C11H15ClFNOS/c1-11(2,14)7-16(15)6-8-3-4-10(13)9(12)5-8/h3-5H,6-7,14H2,1-2H3. The fraction of sp³-hybridized carbons (Fsp3) is 0.455. The molecule has 0 radical (unpaired) electrons. The summed E-state index contributed by atoms with van der Waals surface area (Å²) in [6.45, 7) is 3.64. The van der Waals surface area contributed by atoms with E-state index < -0.39 is 22.2 Å². The first-order chi connectivity index (χ1) is 7.28. The fourth-order valence-electron chi connectivity index (χ4n) is 1.28. The van der Waals surface area contributed by atoms with E-state index in [9.17, 15) is 8.60 Å². The zero-order valence-electron chi connectivity index (χ0n) is 9.30. The van der Waals surface area contributed by atoms with Gasteiger partial charge in [-0.25, -0.2) is 4.39 Å². The second-order valence-electron chi connectivity index (χ2n) is 4.47. The van der Waals surface area contributed by atoms with Crippen LogP contribution in [0.4, 0.5) is 4.39 Å². The summed E-state index contributed by atoms with van der Waals surface area (Å²) < 4.78 is 24.6. The molecule has 0 aromatic heterocycles. The summed E-state index contributed by atoms with van der Waals surface area (Å²) >= 11 is 5.63. The quantitative estimate of drug-likeness (QED) is 0.907. The van der Waals surface area contributed by atoms with Crippen molar-refractivity contribution in [2.45, 2.75) is 25.1 Å². The van der Waals surface area contributed by atoms with Crippen molar-refractivity contribution in [3.8, 4) is 0 Å². The van der Waals surface area contributed by atoms with Crippen LogP contribution in [0.3, 0.4) is 0 Å². The number of nitrogens with two attached hydrogens (primary N) is 1. The number of benzene rings is 1. The number of halogens is 2. The summed E-state index contributed by atoms with van der Waals surface area (Å²) in [5.41, 5.74) is 6.06. The van der Waals surface area contributed by atoms with Crippen molar-refractivity contribution >= 4 is 22.4 Å². The van der Waals surface area contributed by atoms with Crippen molar-refractivity contribution in [2.24, 2.45) is 5.73 Å². The molecule has 0 fully saturated rings. The van der Waals surface area contributed by atoms with Crippen LogP contribution in [-0.2, 0) is 16.6 Å². The molecular weight excluding hydrogens is 249 g/mol. The molecule has 0 bridgehead atoms. The third kappa shape index (κ3) is 4.60. The highest BCUT2D eigenvalue weighted by Gasteiger charge is 2.15. The van der Waals surface area contributed by atoms with Gasteiger partial charge in [0.1, 0.15) is 5.82 Å². The minimum atomic E-state index is -1.06. The average Bonchev–Trinajstić information content (AvgIpc) is 2.08. The Morgan fingerprint density at radius 2 is 2.12 bits per heavy atom. The lowest BCUT2D eigenvalue weighted by Crippen LogP contribution is -2.38. The molecule has 0 heterocycles. The molecule has 0 saturated carbocycles. The molecular formula is C11H15ClFNOS. The Kier molecular flexibility index (Phi) is 4.47. The summed E-state index contributed by atoms with van der Waals surface area (Å²) in [4.78, 5) is 0. The average molecular weight is 264 g/mol. The maximum atomic E-state index is 12.9. The smallest absolute Gasteiger partial charge is 0.141 e. The molecule has 1 atom stereocenters. The molecule has 16 heavy (non-hydrogen) atoms. The molecule has 2 nitrogen and oxygen atoms in total. The van der Waals surface area contributed by atoms with E-state index in [-0.39, 0.29) is 5.02 Å². The predicted molar refractivity (Wildman–Crippen MR) is 66.4 cm³/mol. The van der Waals surface area contributed by atoms with E-state index in [4.69, 9.17) is 17.3 Å². The zero-order valence-corrected chi connectivity index (χ0v) is 10.9. The van der Waals surface area contributed by atoms with E-state index in [1.165, 1.54) is 12.1 Å². The van der Waals surface area contributed by atoms with Crippen LogP contribution in [0.15, 0.2) is 18.2 Å². The first-order valence-electron chi connectivity index (χ1n) is 4.86. The van der Waals surface area contributed by atoms with Crippen LogP contribution in [0.5, 0.6) is 0 Å². The topological polar surface area (TPSA) is 43.1 Å². The number of hydrogen-bond acceptors (Lipinski definition) is 2. The second kappa shape index (κ2) is 5.25. The van der Waals surface area contributed by atoms with Gasteiger partial charge in [-0.05, 0) is 31.5 Å². The maximum absolute atomic E-state index is 12.9. The molecule has 90 valence electrons. The van der Waals surface area contributed by atoms with E-state index in [1.54, 1.807) is 6.07 Å². The van der Waals surface area contributed by atoms with Gasteiger partial charge in [0.05, 0.1) is 5.02 Å². The lowest BCUT2D eigenvalue weighted by atomic mass is 10.1. The largest absolute Gasteiger partial charge is 0.325 e. The van der Waals surface area contributed by atoms with E-state index in [0.29, 0.717) is 11.5 Å². The van der Waals surface area contributed by atoms with E-state index in [2.05, 4.69) is 0 Å². The third-order valence-electron chi connectivity index (χ3n) is 1.84. The van der Waals surface area contributed by atoms with Crippen molar-refractivity contribution in [2.75, 3.05) is 5.75 Å². The lowest BCUT2D eigenvalue weighted by Gasteiger charge is -2.17. The van der Waals surface area contributed by atoms with E-state index in [0.717, 1.165) is 5.56 Å². The Hall–Kier alpha value is -0.450. The van der Waals surface area contributed by atoms with Crippen molar-refractivity contribution in [3.05, 3.63) is 34.6 Å². The molecule has 0 spiro atoms. The summed E-state index contributed by atoms with van der Waals surface area (Å²) in [6.07, 6.45) is 0. The van der Waals surface area contributed by atoms with Crippen LogP contribution in [0, 0.1) is 5.82 Å². The Bertz CT molecular complexity index is 403. The van der Waals surface area contributed by atoms with Crippen LogP contribution < -0.4 is 5.73 Å². The van der Waals surface area contributed by atoms with Gasteiger partial charge in [0.15, 0.2) is 0 Å². The summed E-state index contributed by atoms with van der Waals surface area (Å²) in [5, 5.41) is 0.0570. The Morgan fingerprint density at radius 3 is 2.62 bits per heavy atom. The van der Waals surface area contributed by atoms with Crippen LogP contribution in [0.1, 0.15) is 19.4 Å². The van der Waals surface area contributed by atoms with Crippen LogP contribution in [0.25, 0.3) is 0 Å². The fourth-order valence-corrected chi connectivity index (χ4v) is 2.97. The van der Waals surface area contributed by atoms with Gasteiger partial charge in [0, 0.05) is 27.8 Å². The molecule has 0 saturated heterocycles. The number of rotatable bonds is 4. The lowest BCUT2D eigenvalue weighted by molar-refractivity contribution is 0.577. The van der Waals surface area contributed by atoms with Crippen LogP contribution in [0.2, 0.25) is 5.02 Å². The zero-order chi connectivity index (χ0) is 12.3. The molecule has 0 aliphatic rings. The second-order valence-corrected chi connectivity index (χ2v) is 6.33. The van der Waals surface area contributed by atoms with E-state index in [1.807, 2.05) is 13.8 Å². The molecule has 2 N–H and O–H groups in total. The number of hydrogen-bond donors (Lipinski definition) is 1. The summed E-state index contributed by atoms with van der Waals surface area (Å²) in [5.74, 6) is 0.290. The molecule has 1 aromatic carbocycles. The Morgan fingerprint density at radius 1 is 1.50 bits per heavy atom. The van der Waals surface area contributed by atoms with Crippen LogP contribution >= 0.6 is 11.6 Å². The SMILES string of the molecule is CC(C)(N)CS(=O)Cc1ccc(F)c(Cl)c1. The van der Waals surface area contributed by atoms with Crippen molar-refractivity contribution in [3.63, 3.8) is 0 Å². The third-order valence-corrected chi connectivity index (χ3v) is 3.86. The predicted octanol–water partition coefficient (Wildman–Crippen LogP) is 2.47. The van der Waals surface area contributed by atoms with Crippen molar-refractivity contribution < 1.29 is 8.60 Å². The highest BCUT2D eigenvalue weighted by Crippen LogP contribution is 2.17. The highest BCUT2D eigenvalue weighted by atomic mass is 35.5. The van der Waals surface area contributed by atoms with Gasteiger partial charge in [-0.2, -0.15) is 0 Å². The van der Waals surface area contributed by atoms with Gasteiger partial charge in [-0.15, -0.1) is 0 Å². The van der Waals surface area contributed by atoms with Gasteiger partial charge in [0.2, 0.25) is 0 Å². The minimum Gasteiger partial charge on any atom is -0.325 e. The first kappa shape index (κ1) is 13.6. The van der Waals surface area contributed by atoms with Gasteiger partial charge >= 0.3 is 0 Å². The molecule has 0 aliphatic carbocycles. The van der Waals surface area contributed by atoms with Crippen LogP contribution in [-0.4, -0.2) is 15.5 Å². The Balaban J connectivity index is 2.67. The summed E-state index contributed by atoms with van der Waals surface area (Å²) in [6, 6.07) is 4.36. The molecule has 0 amide bonds. The van der Waals surface area contributed by atoms with Gasteiger partial charge in [-0.3, -0.25) is 4.21 Å². The molecule has 1 aromatic rings. The maximum Gasteiger partial charge on any atom is 0.141 e. The molecule has 1 unspecified atom stereocenters. The van der Waals surface area contributed by atoms with Crippen molar-refractivity contribution in [1.29, 1.82) is 0 Å². The van der Waals surface area contributed by atoms with Gasteiger partial charge < -0.3 is 5.73 Å². The summed E-state index contributed by atoms with van der Waals surface area (Å²) in [7, 11) is -1.06.